The highest BCUT2D eigenvalue weighted by Crippen LogP contribution is 2.43. The Balaban J connectivity index is 2.06. The maximum absolute atomic E-state index is 8.63. The van der Waals surface area contributed by atoms with E-state index in [9.17, 15) is 0 Å². The Morgan fingerprint density at radius 1 is 1.47 bits per heavy atom. The van der Waals surface area contributed by atoms with Crippen molar-refractivity contribution in [2.24, 2.45) is 0 Å². The maximum Gasteiger partial charge on any atom is 0.0969 e. The van der Waals surface area contributed by atoms with Crippen molar-refractivity contribution in [3.8, 4) is 6.07 Å². The minimum Gasteiger partial charge on any atom is -0.241 e. The first kappa shape index (κ1) is 8.87. The zero-order chi connectivity index (χ0) is 10.3. The van der Waals surface area contributed by atoms with Crippen LogP contribution in [0.2, 0.25) is 0 Å². The van der Waals surface area contributed by atoms with Crippen LogP contribution in [0.25, 0.3) is 10.2 Å². The lowest BCUT2D eigenvalue weighted by atomic mass is 10.1. The van der Waals surface area contributed by atoms with Gasteiger partial charge in [0.1, 0.15) is 0 Å². The number of hydrogen-bond donors (Lipinski definition) is 0. The standard InChI is InChI=1S/C12H10N2S/c13-6-5-8-1-4-11-10(7-8)14-12(15-11)9-2-3-9/h1,4,7,9H,2-3,5H2. The second-order valence-electron chi connectivity index (χ2n) is 3.96. The van der Waals surface area contributed by atoms with E-state index in [-0.39, 0.29) is 0 Å². The molecule has 0 N–H and O–H groups in total. The number of nitrogens with zero attached hydrogens (tertiary/aromatic N) is 2. The van der Waals surface area contributed by atoms with Gasteiger partial charge in [-0.15, -0.1) is 11.3 Å². The summed E-state index contributed by atoms with van der Waals surface area (Å²) in [6.07, 6.45) is 3.07. The predicted octanol–water partition coefficient (Wildman–Crippen LogP) is 3.24. The van der Waals surface area contributed by atoms with E-state index in [1.807, 2.05) is 12.1 Å². The van der Waals surface area contributed by atoms with E-state index < -0.39 is 0 Å². The molecule has 1 aliphatic carbocycles. The Kier molecular flexibility index (Phi) is 1.96. The van der Waals surface area contributed by atoms with Crippen LogP contribution in [0.5, 0.6) is 0 Å². The van der Waals surface area contributed by atoms with E-state index in [0.717, 1.165) is 17.0 Å². The third kappa shape index (κ3) is 1.62. The van der Waals surface area contributed by atoms with Crippen molar-refractivity contribution in [3.05, 3.63) is 28.8 Å². The van der Waals surface area contributed by atoms with E-state index in [1.54, 1.807) is 11.3 Å². The van der Waals surface area contributed by atoms with Crippen molar-refractivity contribution in [2.75, 3.05) is 0 Å². The average Bonchev–Trinajstić information content (AvgIpc) is 2.99. The molecule has 0 aliphatic heterocycles. The van der Waals surface area contributed by atoms with Crippen molar-refractivity contribution in [3.63, 3.8) is 0 Å². The van der Waals surface area contributed by atoms with Gasteiger partial charge in [-0.1, -0.05) is 6.07 Å². The number of fused-ring (bicyclic) bond motifs is 1. The summed E-state index contributed by atoms with van der Waals surface area (Å²) in [5.74, 6) is 0.724. The molecule has 0 amide bonds. The fraction of sp³-hybridized carbons (Fsp3) is 0.333. The van der Waals surface area contributed by atoms with E-state index in [1.165, 1.54) is 22.5 Å². The summed E-state index contributed by atoms with van der Waals surface area (Å²) < 4.78 is 1.25. The zero-order valence-electron chi connectivity index (χ0n) is 8.23. The lowest BCUT2D eigenvalue weighted by Crippen LogP contribution is -1.80. The van der Waals surface area contributed by atoms with Gasteiger partial charge in [0, 0.05) is 5.92 Å². The van der Waals surface area contributed by atoms with E-state index in [0.29, 0.717) is 6.42 Å². The molecule has 3 heteroatoms. The minimum absolute atomic E-state index is 0.478. The van der Waals surface area contributed by atoms with Crippen LogP contribution in [-0.4, -0.2) is 4.98 Å². The first-order valence-corrected chi connectivity index (χ1v) is 5.95. The highest BCUT2D eigenvalue weighted by Gasteiger charge is 2.26. The fourth-order valence-electron chi connectivity index (χ4n) is 1.70. The molecule has 1 saturated carbocycles. The SMILES string of the molecule is N#CCc1ccc2sc(C3CC3)nc2c1. The quantitative estimate of drug-likeness (QED) is 0.769. The van der Waals surface area contributed by atoms with E-state index >= 15 is 0 Å². The topological polar surface area (TPSA) is 36.7 Å². The molecule has 74 valence electrons. The molecule has 15 heavy (non-hydrogen) atoms. The molecule has 3 rings (SSSR count). The lowest BCUT2D eigenvalue weighted by Gasteiger charge is -1.92. The van der Waals surface area contributed by atoms with Crippen LogP contribution in [0.4, 0.5) is 0 Å². The average molecular weight is 214 g/mol. The molecule has 1 aromatic heterocycles. The highest BCUT2D eigenvalue weighted by atomic mass is 32.1. The molecule has 0 radical (unpaired) electrons. The largest absolute Gasteiger partial charge is 0.241 e. The molecular weight excluding hydrogens is 204 g/mol. The van der Waals surface area contributed by atoms with Crippen LogP contribution in [0.15, 0.2) is 18.2 Å². The molecule has 0 atom stereocenters. The monoisotopic (exact) mass is 214 g/mol. The van der Waals surface area contributed by atoms with Crippen LogP contribution in [0.1, 0.15) is 29.3 Å². The van der Waals surface area contributed by atoms with Gasteiger partial charge in [0.25, 0.3) is 0 Å². The summed E-state index contributed by atoms with van der Waals surface area (Å²) in [5, 5.41) is 9.90. The Morgan fingerprint density at radius 2 is 2.33 bits per heavy atom. The summed E-state index contributed by atoms with van der Waals surface area (Å²) in [4.78, 5) is 4.63. The zero-order valence-corrected chi connectivity index (χ0v) is 9.05. The molecule has 0 unspecified atom stereocenters. The smallest absolute Gasteiger partial charge is 0.0969 e. The van der Waals surface area contributed by atoms with Crippen LogP contribution in [-0.2, 0) is 6.42 Å². The summed E-state index contributed by atoms with van der Waals surface area (Å²) in [6.45, 7) is 0. The molecule has 1 aromatic carbocycles. The number of thiazole rings is 1. The highest BCUT2D eigenvalue weighted by molar-refractivity contribution is 7.18. The van der Waals surface area contributed by atoms with Gasteiger partial charge in [-0.3, -0.25) is 0 Å². The molecule has 2 aromatic rings. The third-order valence-electron chi connectivity index (χ3n) is 2.68. The van der Waals surface area contributed by atoms with Crippen LogP contribution in [0.3, 0.4) is 0 Å². The van der Waals surface area contributed by atoms with Crippen molar-refractivity contribution in [2.45, 2.75) is 25.2 Å². The van der Waals surface area contributed by atoms with Gasteiger partial charge in [-0.05, 0) is 30.5 Å². The Bertz CT molecular complexity index is 546. The number of aromatic nitrogens is 1. The molecular formula is C12H10N2S. The number of rotatable bonds is 2. The van der Waals surface area contributed by atoms with Gasteiger partial charge < -0.3 is 0 Å². The van der Waals surface area contributed by atoms with Gasteiger partial charge in [-0.2, -0.15) is 5.26 Å². The number of hydrogen-bond acceptors (Lipinski definition) is 3. The first-order chi connectivity index (χ1) is 7.36. The summed E-state index contributed by atoms with van der Waals surface area (Å²) in [5.41, 5.74) is 2.13. The van der Waals surface area contributed by atoms with Crippen LogP contribution in [0, 0.1) is 11.3 Å². The number of nitriles is 1. The van der Waals surface area contributed by atoms with Gasteiger partial charge in [0.05, 0.1) is 27.7 Å². The van der Waals surface area contributed by atoms with Gasteiger partial charge in [0.15, 0.2) is 0 Å². The molecule has 2 nitrogen and oxygen atoms in total. The van der Waals surface area contributed by atoms with Gasteiger partial charge >= 0.3 is 0 Å². The second kappa shape index (κ2) is 3.32. The summed E-state index contributed by atoms with van der Waals surface area (Å²) in [6, 6.07) is 8.33. The summed E-state index contributed by atoms with van der Waals surface area (Å²) >= 11 is 1.80. The molecule has 0 bridgehead atoms. The van der Waals surface area contributed by atoms with Crippen molar-refractivity contribution in [1.29, 1.82) is 5.26 Å². The van der Waals surface area contributed by atoms with Crippen molar-refractivity contribution >= 4 is 21.6 Å². The Morgan fingerprint density at radius 3 is 3.07 bits per heavy atom. The van der Waals surface area contributed by atoms with Crippen molar-refractivity contribution in [1.82, 2.24) is 4.98 Å². The van der Waals surface area contributed by atoms with Crippen LogP contribution < -0.4 is 0 Å². The van der Waals surface area contributed by atoms with Crippen molar-refractivity contribution < 1.29 is 0 Å². The molecule has 0 spiro atoms. The summed E-state index contributed by atoms with van der Waals surface area (Å²) in [7, 11) is 0. The maximum atomic E-state index is 8.63. The second-order valence-corrected chi connectivity index (χ2v) is 5.03. The van der Waals surface area contributed by atoms with Crippen LogP contribution >= 0.6 is 11.3 Å². The predicted molar refractivity (Wildman–Crippen MR) is 60.9 cm³/mol. The van der Waals surface area contributed by atoms with E-state index in [4.69, 9.17) is 5.26 Å². The normalized spacial score (nSPS) is 15.4. The minimum atomic E-state index is 0.478. The number of benzene rings is 1. The fourth-order valence-corrected chi connectivity index (χ4v) is 2.81. The molecule has 1 fully saturated rings. The Labute approximate surface area is 92.2 Å². The third-order valence-corrected chi connectivity index (χ3v) is 3.88. The van der Waals surface area contributed by atoms with E-state index in [2.05, 4.69) is 17.1 Å². The Hall–Kier alpha value is -1.40. The lowest BCUT2D eigenvalue weighted by molar-refractivity contribution is 1.10. The van der Waals surface area contributed by atoms with Gasteiger partial charge in [0.2, 0.25) is 0 Å². The molecule has 0 saturated heterocycles. The molecule has 1 heterocycles. The molecule has 1 aliphatic rings. The van der Waals surface area contributed by atoms with Gasteiger partial charge in [-0.25, -0.2) is 4.98 Å². The first-order valence-electron chi connectivity index (χ1n) is 5.13.